The summed E-state index contributed by atoms with van der Waals surface area (Å²) in [6.45, 7) is 3.20. The molecule has 3 heteroatoms. The van der Waals surface area contributed by atoms with E-state index in [9.17, 15) is 0 Å². The Hall–Kier alpha value is -1.71. The van der Waals surface area contributed by atoms with Crippen LogP contribution >= 0.6 is 11.8 Å². The molecule has 0 fully saturated rings. The van der Waals surface area contributed by atoms with Gasteiger partial charge in [-0.3, -0.25) is 0 Å². The van der Waals surface area contributed by atoms with Crippen LogP contribution in [-0.4, -0.2) is 30.5 Å². The van der Waals surface area contributed by atoms with E-state index < -0.39 is 0 Å². The van der Waals surface area contributed by atoms with Gasteiger partial charge in [0.15, 0.2) is 0 Å². The lowest BCUT2D eigenvalue weighted by atomic mass is 10.1. The molecular formula is C20H24N2S. The molecule has 0 bridgehead atoms. The number of nitrogens with zero attached hydrogens (tertiary/aromatic N) is 1. The first-order valence-electron chi connectivity index (χ1n) is 8.06. The third-order valence-corrected chi connectivity index (χ3v) is 5.15. The van der Waals surface area contributed by atoms with Crippen LogP contribution in [0.25, 0.3) is 10.9 Å². The minimum absolute atomic E-state index is 1.01. The number of benzene rings is 2. The second kappa shape index (κ2) is 7.24. The summed E-state index contributed by atoms with van der Waals surface area (Å²) in [7, 11) is 4.26. The van der Waals surface area contributed by atoms with Crippen LogP contribution in [0.2, 0.25) is 0 Å². The summed E-state index contributed by atoms with van der Waals surface area (Å²) in [5.41, 5.74) is 5.39. The molecule has 0 aliphatic heterocycles. The van der Waals surface area contributed by atoms with Crippen LogP contribution in [0.4, 0.5) is 0 Å². The van der Waals surface area contributed by atoms with Gasteiger partial charge in [-0.25, -0.2) is 0 Å². The van der Waals surface area contributed by atoms with Crippen molar-refractivity contribution in [3.63, 3.8) is 0 Å². The van der Waals surface area contributed by atoms with Crippen LogP contribution in [0.3, 0.4) is 0 Å². The van der Waals surface area contributed by atoms with Gasteiger partial charge >= 0.3 is 0 Å². The Morgan fingerprint density at radius 2 is 1.74 bits per heavy atom. The molecule has 0 aliphatic carbocycles. The van der Waals surface area contributed by atoms with E-state index in [0.29, 0.717) is 0 Å². The van der Waals surface area contributed by atoms with Crippen molar-refractivity contribution in [1.82, 2.24) is 9.88 Å². The van der Waals surface area contributed by atoms with Crippen LogP contribution < -0.4 is 0 Å². The molecule has 0 unspecified atom stereocenters. The van der Waals surface area contributed by atoms with Crippen LogP contribution in [-0.2, 0) is 12.2 Å². The molecule has 0 amide bonds. The molecule has 0 radical (unpaired) electrons. The van der Waals surface area contributed by atoms with E-state index >= 15 is 0 Å². The van der Waals surface area contributed by atoms with Crippen LogP contribution in [0, 0.1) is 6.92 Å². The van der Waals surface area contributed by atoms with Crippen molar-refractivity contribution in [2.24, 2.45) is 0 Å². The second-order valence-electron chi connectivity index (χ2n) is 6.28. The fourth-order valence-corrected chi connectivity index (χ4v) is 3.73. The quantitative estimate of drug-likeness (QED) is 0.652. The molecule has 2 aromatic carbocycles. The fraction of sp³-hybridized carbons (Fsp3) is 0.300. The zero-order valence-electron chi connectivity index (χ0n) is 14.1. The predicted molar refractivity (Wildman–Crippen MR) is 101 cm³/mol. The Labute approximate surface area is 142 Å². The maximum atomic E-state index is 3.62. The molecule has 0 atom stereocenters. The van der Waals surface area contributed by atoms with Crippen molar-refractivity contribution in [2.45, 2.75) is 24.0 Å². The van der Waals surface area contributed by atoms with E-state index in [4.69, 9.17) is 0 Å². The number of para-hydroxylation sites is 1. The Morgan fingerprint density at radius 1 is 1.00 bits per heavy atom. The number of fused-ring (bicyclic) bond motifs is 1. The number of aromatic amines is 1. The summed E-state index contributed by atoms with van der Waals surface area (Å²) in [4.78, 5) is 7.20. The normalized spacial score (nSPS) is 11.5. The third-order valence-electron chi connectivity index (χ3n) is 4.12. The highest BCUT2D eigenvalue weighted by molar-refractivity contribution is 7.98. The van der Waals surface area contributed by atoms with Gasteiger partial charge in [0.25, 0.3) is 0 Å². The molecule has 2 nitrogen and oxygen atoms in total. The fourth-order valence-electron chi connectivity index (χ4n) is 2.76. The zero-order valence-corrected chi connectivity index (χ0v) is 14.9. The number of aryl methyl sites for hydroxylation is 1. The number of hydrogen-bond acceptors (Lipinski definition) is 2. The molecule has 23 heavy (non-hydrogen) atoms. The highest BCUT2D eigenvalue weighted by atomic mass is 32.2. The molecular weight excluding hydrogens is 300 g/mol. The largest absolute Gasteiger partial charge is 0.358 e. The lowest BCUT2D eigenvalue weighted by molar-refractivity contribution is 0.412. The number of likely N-dealkylation sites (N-methyl/N-ethyl adjacent to an activating group) is 1. The molecule has 1 N–H and O–H groups in total. The zero-order chi connectivity index (χ0) is 16.2. The number of H-pyrrole nitrogens is 1. The Balaban J connectivity index is 1.84. The van der Waals surface area contributed by atoms with Gasteiger partial charge in [0.2, 0.25) is 0 Å². The van der Waals surface area contributed by atoms with Gasteiger partial charge in [0.05, 0.1) is 0 Å². The van der Waals surface area contributed by atoms with Crippen LogP contribution in [0.5, 0.6) is 0 Å². The van der Waals surface area contributed by atoms with Gasteiger partial charge in [-0.1, -0.05) is 35.9 Å². The Kier molecular flexibility index (Phi) is 5.09. The maximum Gasteiger partial charge on any atom is 0.0459 e. The van der Waals surface area contributed by atoms with Crippen LogP contribution in [0.15, 0.2) is 53.4 Å². The van der Waals surface area contributed by atoms with E-state index in [1.165, 1.54) is 32.6 Å². The van der Waals surface area contributed by atoms with E-state index in [1.807, 2.05) is 11.8 Å². The van der Waals surface area contributed by atoms with Crippen molar-refractivity contribution >= 4 is 22.7 Å². The van der Waals surface area contributed by atoms with Crippen molar-refractivity contribution in [3.8, 4) is 0 Å². The number of rotatable bonds is 6. The smallest absolute Gasteiger partial charge is 0.0459 e. The molecule has 3 aromatic rings. The van der Waals surface area contributed by atoms with E-state index in [2.05, 4.69) is 79.4 Å². The molecule has 0 spiro atoms. The van der Waals surface area contributed by atoms with Gasteiger partial charge in [-0.15, -0.1) is 11.8 Å². The molecule has 120 valence electrons. The van der Waals surface area contributed by atoms with E-state index in [-0.39, 0.29) is 0 Å². The highest BCUT2D eigenvalue weighted by Gasteiger charge is 2.11. The number of aromatic nitrogens is 1. The Morgan fingerprint density at radius 3 is 2.48 bits per heavy atom. The minimum Gasteiger partial charge on any atom is -0.358 e. The molecule has 0 saturated heterocycles. The number of nitrogens with one attached hydrogen (secondary N) is 1. The van der Waals surface area contributed by atoms with Gasteiger partial charge in [0.1, 0.15) is 0 Å². The highest BCUT2D eigenvalue weighted by Crippen LogP contribution is 2.30. The molecule has 1 aromatic heterocycles. The standard InChI is InChI=1S/C20H24N2S/c1-15-8-10-16(11-9-15)23-14-18-17-6-4-5-7-19(17)21-20(18)12-13-22(2)3/h4-11,21H,12-14H2,1-3H3. The summed E-state index contributed by atoms with van der Waals surface area (Å²) >= 11 is 1.92. The molecule has 3 rings (SSSR count). The van der Waals surface area contributed by atoms with Crippen molar-refractivity contribution in [3.05, 3.63) is 65.4 Å². The second-order valence-corrected chi connectivity index (χ2v) is 7.33. The monoisotopic (exact) mass is 324 g/mol. The third kappa shape index (κ3) is 3.98. The number of hydrogen-bond donors (Lipinski definition) is 1. The lowest BCUT2D eigenvalue weighted by Crippen LogP contribution is -2.15. The summed E-state index contributed by atoms with van der Waals surface area (Å²) in [6, 6.07) is 17.4. The average molecular weight is 324 g/mol. The molecule has 0 aliphatic rings. The topological polar surface area (TPSA) is 19.0 Å². The predicted octanol–water partition coefficient (Wildman–Crippen LogP) is 4.87. The van der Waals surface area contributed by atoms with Gasteiger partial charge in [-0.2, -0.15) is 0 Å². The van der Waals surface area contributed by atoms with E-state index in [1.54, 1.807) is 0 Å². The summed E-state index contributed by atoms with van der Waals surface area (Å²) < 4.78 is 0. The van der Waals surface area contributed by atoms with Crippen molar-refractivity contribution in [1.29, 1.82) is 0 Å². The van der Waals surface area contributed by atoms with Crippen molar-refractivity contribution in [2.75, 3.05) is 20.6 Å². The van der Waals surface area contributed by atoms with E-state index in [0.717, 1.165) is 18.7 Å². The Bertz CT molecular complexity index is 772. The molecule has 1 heterocycles. The maximum absolute atomic E-state index is 3.62. The minimum atomic E-state index is 1.01. The average Bonchev–Trinajstić information content (AvgIpc) is 2.90. The van der Waals surface area contributed by atoms with Gasteiger partial charge < -0.3 is 9.88 Å². The molecule has 0 saturated carbocycles. The lowest BCUT2D eigenvalue weighted by Gasteiger charge is -2.10. The van der Waals surface area contributed by atoms with Gasteiger partial charge in [-0.05, 0) is 44.8 Å². The summed E-state index contributed by atoms with van der Waals surface area (Å²) in [6.07, 6.45) is 1.06. The van der Waals surface area contributed by atoms with Crippen LogP contribution in [0.1, 0.15) is 16.8 Å². The van der Waals surface area contributed by atoms with Gasteiger partial charge in [0, 0.05) is 40.2 Å². The first kappa shape index (κ1) is 16.2. The van der Waals surface area contributed by atoms with Crippen molar-refractivity contribution < 1.29 is 0 Å². The SMILES string of the molecule is Cc1ccc(SCc2c(CCN(C)C)[nH]c3ccccc23)cc1. The number of thioether (sulfide) groups is 1. The summed E-state index contributed by atoms with van der Waals surface area (Å²) in [5, 5.41) is 1.36. The first-order valence-corrected chi connectivity index (χ1v) is 9.04. The first-order chi connectivity index (χ1) is 11.1. The summed E-state index contributed by atoms with van der Waals surface area (Å²) in [5.74, 6) is 1.01.